The summed E-state index contributed by atoms with van der Waals surface area (Å²) in [7, 11) is 0. The maximum atomic E-state index is 11.7. The van der Waals surface area contributed by atoms with Crippen molar-refractivity contribution in [3.8, 4) is 0 Å². The van der Waals surface area contributed by atoms with Gasteiger partial charge >= 0.3 is 5.97 Å². The number of Topliss-reactive ketones (excluding diaryl/α,β-unsaturated/α-hetero) is 1. The van der Waals surface area contributed by atoms with Crippen molar-refractivity contribution in [3.63, 3.8) is 0 Å². The molecule has 1 spiro atoms. The summed E-state index contributed by atoms with van der Waals surface area (Å²) >= 11 is 0. The van der Waals surface area contributed by atoms with Gasteiger partial charge in [0, 0.05) is 30.0 Å². The number of rotatable bonds is 2. The molecule has 4 heteroatoms. The fraction of sp³-hybridized carbons (Fsp3) is 0.333. The molecule has 3 aliphatic rings. The summed E-state index contributed by atoms with van der Waals surface area (Å²) in [6.45, 7) is 3.41. The van der Waals surface area contributed by atoms with Crippen LogP contribution in [0.2, 0.25) is 0 Å². The Labute approximate surface area is 111 Å². The fourth-order valence-corrected chi connectivity index (χ4v) is 2.84. The molecule has 0 aromatic heterocycles. The number of hydrogen-bond donors (Lipinski definition) is 0. The monoisotopic (exact) mass is 257 g/mol. The first kappa shape index (κ1) is 12.0. The Kier molecular flexibility index (Phi) is 2.49. The van der Waals surface area contributed by atoms with Crippen LogP contribution in [0.5, 0.6) is 0 Å². The molecule has 3 atom stereocenters. The van der Waals surface area contributed by atoms with Crippen molar-refractivity contribution in [3.05, 3.63) is 48.4 Å². The molecule has 0 radical (unpaired) electrons. The van der Waals surface area contributed by atoms with E-state index in [9.17, 15) is 9.59 Å². The molecule has 0 N–H and O–H groups in total. The largest absolute Gasteiger partial charge is 0.444 e. The van der Waals surface area contributed by atoms with Gasteiger partial charge in [0.05, 0.1) is 6.04 Å². The van der Waals surface area contributed by atoms with Crippen LogP contribution >= 0.6 is 0 Å². The summed E-state index contributed by atoms with van der Waals surface area (Å²) in [4.78, 5) is 25.2. The molecule has 0 aromatic carbocycles. The lowest BCUT2D eigenvalue weighted by atomic mass is 9.81. The Hall–Kier alpha value is -2.10. The summed E-state index contributed by atoms with van der Waals surface area (Å²) in [5, 5.41) is 0. The van der Waals surface area contributed by atoms with E-state index in [0.717, 1.165) is 5.57 Å². The lowest BCUT2D eigenvalue weighted by Crippen LogP contribution is -2.46. The summed E-state index contributed by atoms with van der Waals surface area (Å²) in [6.07, 6.45) is 12.9. The topological polar surface area (TPSA) is 46.6 Å². The first-order valence-electron chi connectivity index (χ1n) is 6.32. The van der Waals surface area contributed by atoms with Crippen LogP contribution in [0, 0.1) is 5.92 Å². The highest BCUT2D eigenvalue weighted by Gasteiger charge is 2.53. The van der Waals surface area contributed by atoms with E-state index in [-0.39, 0.29) is 23.7 Å². The summed E-state index contributed by atoms with van der Waals surface area (Å²) < 4.78 is 5.57. The van der Waals surface area contributed by atoms with Gasteiger partial charge in [-0.15, -0.1) is 0 Å². The van der Waals surface area contributed by atoms with Crippen molar-refractivity contribution in [1.82, 2.24) is 4.90 Å². The highest BCUT2D eigenvalue weighted by molar-refractivity contribution is 5.88. The molecule has 3 unspecified atom stereocenters. The molecule has 3 aliphatic heterocycles. The molecule has 0 aromatic rings. The van der Waals surface area contributed by atoms with Gasteiger partial charge in [0.25, 0.3) is 0 Å². The molecular formula is C15H15NO3. The molecular weight excluding hydrogens is 242 g/mol. The minimum atomic E-state index is -0.830. The van der Waals surface area contributed by atoms with Gasteiger partial charge in [-0.25, -0.2) is 4.79 Å². The zero-order valence-electron chi connectivity index (χ0n) is 10.9. The van der Waals surface area contributed by atoms with Crippen molar-refractivity contribution < 1.29 is 14.3 Å². The van der Waals surface area contributed by atoms with E-state index in [1.54, 1.807) is 13.0 Å². The number of esters is 1. The average molecular weight is 257 g/mol. The molecule has 98 valence electrons. The highest BCUT2D eigenvalue weighted by Crippen LogP contribution is 2.45. The Morgan fingerprint density at radius 1 is 1.47 bits per heavy atom. The third-order valence-corrected chi connectivity index (χ3v) is 3.98. The van der Waals surface area contributed by atoms with E-state index in [0.29, 0.717) is 0 Å². The van der Waals surface area contributed by atoms with E-state index in [1.807, 2.05) is 42.5 Å². The minimum Gasteiger partial charge on any atom is -0.444 e. The van der Waals surface area contributed by atoms with E-state index in [4.69, 9.17) is 4.74 Å². The molecule has 0 bridgehead atoms. The predicted octanol–water partition coefficient (Wildman–Crippen LogP) is 1.71. The van der Waals surface area contributed by atoms with Crippen molar-refractivity contribution >= 4 is 11.8 Å². The van der Waals surface area contributed by atoms with E-state index in [2.05, 4.69) is 0 Å². The predicted molar refractivity (Wildman–Crippen MR) is 69.8 cm³/mol. The zero-order valence-corrected chi connectivity index (χ0v) is 10.9. The number of ketones is 1. The maximum Gasteiger partial charge on any atom is 0.331 e. The second kappa shape index (κ2) is 3.95. The van der Waals surface area contributed by atoms with Crippen molar-refractivity contribution in [2.75, 3.05) is 0 Å². The zero-order chi connectivity index (χ0) is 13.6. The van der Waals surface area contributed by atoms with Gasteiger partial charge in [0.2, 0.25) is 0 Å². The highest BCUT2D eigenvalue weighted by atomic mass is 16.6. The molecule has 0 aliphatic carbocycles. The van der Waals surface area contributed by atoms with Gasteiger partial charge in [0.15, 0.2) is 5.60 Å². The van der Waals surface area contributed by atoms with Crippen LogP contribution in [0.25, 0.3) is 0 Å². The molecule has 3 rings (SSSR count). The van der Waals surface area contributed by atoms with E-state index >= 15 is 0 Å². The lowest BCUT2D eigenvalue weighted by molar-refractivity contribution is -0.145. The Balaban J connectivity index is 2.08. The van der Waals surface area contributed by atoms with Crippen LogP contribution in [0.3, 0.4) is 0 Å². The second-order valence-corrected chi connectivity index (χ2v) is 5.08. The number of carbonyl (C=O) groups excluding carboxylic acids is 2. The number of fused-ring (bicyclic) bond motifs is 2. The van der Waals surface area contributed by atoms with Crippen LogP contribution in [-0.2, 0) is 14.3 Å². The van der Waals surface area contributed by atoms with Gasteiger partial charge in [-0.2, -0.15) is 0 Å². The summed E-state index contributed by atoms with van der Waals surface area (Å²) in [5.74, 6) is -0.566. The van der Waals surface area contributed by atoms with Crippen molar-refractivity contribution in [2.24, 2.45) is 5.92 Å². The summed E-state index contributed by atoms with van der Waals surface area (Å²) in [5.41, 5.74) is 0.00646. The summed E-state index contributed by atoms with van der Waals surface area (Å²) in [6, 6.07) is -0.100. The van der Waals surface area contributed by atoms with Gasteiger partial charge in [0.1, 0.15) is 5.78 Å². The molecule has 0 saturated heterocycles. The SMILES string of the molecule is CC(=O)C(C)C1=CN2C=CC=CC2C12C=CC(=O)O2. The minimum absolute atomic E-state index is 0.0646. The average Bonchev–Trinajstić information content (AvgIpc) is 2.92. The van der Waals surface area contributed by atoms with Crippen LogP contribution in [0.15, 0.2) is 48.4 Å². The molecule has 3 heterocycles. The van der Waals surface area contributed by atoms with Gasteiger partial charge < -0.3 is 9.64 Å². The van der Waals surface area contributed by atoms with Crippen LogP contribution in [0.4, 0.5) is 0 Å². The van der Waals surface area contributed by atoms with Gasteiger partial charge in [-0.3, -0.25) is 4.79 Å². The first-order valence-corrected chi connectivity index (χ1v) is 6.32. The van der Waals surface area contributed by atoms with Crippen molar-refractivity contribution in [1.29, 1.82) is 0 Å². The van der Waals surface area contributed by atoms with Crippen LogP contribution in [-0.4, -0.2) is 28.3 Å². The third kappa shape index (κ3) is 1.59. The third-order valence-electron chi connectivity index (χ3n) is 3.98. The Morgan fingerprint density at radius 3 is 2.89 bits per heavy atom. The number of allylic oxidation sites excluding steroid dienone is 2. The number of nitrogens with zero attached hydrogens (tertiary/aromatic N) is 1. The van der Waals surface area contributed by atoms with Gasteiger partial charge in [-0.05, 0) is 19.1 Å². The molecule has 0 saturated carbocycles. The quantitative estimate of drug-likeness (QED) is 0.707. The smallest absolute Gasteiger partial charge is 0.331 e. The van der Waals surface area contributed by atoms with Crippen LogP contribution in [0.1, 0.15) is 13.8 Å². The Morgan fingerprint density at radius 2 is 2.26 bits per heavy atom. The van der Waals surface area contributed by atoms with E-state index in [1.165, 1.54) is 6.08 Å². The molecule has 0 amide bonds. The Bertz CT molecular complexity index is 570. The fourth-order valence-electron chi connectivity index (χ4n) is 2.84. The lowest BCUT2D eigenvalue weighted by Gasteiger charge is -2.34. The first-order chi connectivity index (χ1) is 9.04. The molecule has 19 heavy (non-hydrogen) atoms. The number of hydrogen-bond acceptors (Lipinski definition) is 4. The maximum absolute atomic E-state index is 11.7. The number of carbonyl (C=O) groups is 2. The van der Waals surface area contributed by atoms with Crippen molar-refractivity contribution in [2.45, 2.75) is 25.5 Å². The standard InChI is InChI=1S/C15H15NO3/c1-10(11(2)17)12-9-16-8-4-3-5-13(16)15(12)7-6-14(18)19-15/h3-10,13H,1-2H3. The van der Waals surface area contributed by atoms with Gasteiger partial charge in [-0.1, -0.05) is 19.1 Å². The van der Waals surface area contributed by atoms with Crippen LogP contribution < -0.4 is 0 Å². The molecule has 4 nitrogen and oxygen atoms in total. The second-order valence-electron chi connectivity index (χ2n) is 5.08. The molecule has 0 fully saturated rings. The number of ether oxygens (including phenoxy) is 1. The normalized spacial score (nSPS) is 32.5. The van der Waals surface area contributed by atoms with E-state index < -0.39 is 5.60 Å².